The lowest BCUT2D eigenvalue weighted by atomic mass is 10.1. The minimum absolute atomic E-state index is 0.0268. The number of carbonyl (C=O) groups is 2. The molecule has 3 N–H and O–H groups in total. The SMILES string of the molecule is CCC(N)CC(=O)N(CC)C(C)CC(=O)O. The Morgan fingerprint density at radius 3 is 2.25 bits per heavy atom. The quantitative estimate of drug-likeness (QED) is 0.678. The molecule has 0 radical (unpaired) electrons. The van der Waals surface area contributed by atoms with Crippen molar-refractivity contribution in [2.45, 2.75) is 52.1 Å². The lowest BCUT2D eigenvalue weighted by Crippen LogP contribution is -2.42. The zero-order chi connectivity index (χ0) is 12.7. The number of hydrogen-bond donors (Lipinski definition) is 2. The van der Waals surface area contributed by atoms with E-state index in [1.807, 2.05) is 13.8 Å². The lowest BCUT2D eigenvalue weighted by molar-refractivity contribution is -0.140. The number of hydrogen-bond acceptors (Lipinski definition) is 3. The van der Waals surface area contributed by atoms with Crippen molar-refractivity contribution in [1.82, 2.24) is 4.90 Å². The van der Waals surface area contributed by atoms with E-state index in [9.17, 15) is 9.59 Å². The standard InChI is InChI=1S/C11H22N2O3/c1-4-9(12)7-10(14)13(5-2)8(3)6-11(15)16/h8-9H,4-7,12H2,1-3H3,(H,15,16). The Kier molecular flexibility index (Phi) is 6.72. The largest absolute Gasteiger partial charge is 0.481 e. The van der Waals surface area contributed by atoms with Crippen molar-refractivity contribution in [3.05, 3.63) is 0 Å². The monoisotopic (exact) mass is 230 g/mol. The van der Waals surface area contributed by atoms with E-state index in [0.29, 0.717) is 6.54 Å². The Morgan fingerprint density at radius 2 is 1.88 bits per heavy atom. The van der Waals surface area contributed by atoms with Gasteiger partial charge in [0, 0.05) is 25.0 Å². The summed E-state index contributed by atoms with van der Waals surface area (Å²) in [6.45, 7) is 6.03. The molecule has 0 saturated carbocycles. The second-order valence-corrected chi connectivity index (χ2v) is 4.00. The fourth-order valence-corrected chi connectivity index (χ4v) is 1.58. The van der Waals surface area contributed by atoms with Crippen molar-refractivity contribution < 1.29 is 14.7 Å². The third kappa shape index (κ3) is 5.11. The summed E-state index contributed by atoms with van der Waals surface area (Å²) in [4.78, 5) is 24.0. The van der Waals surface area contributed by atoms with Gasteiger partial charge in [0.25, 0.3) is 0 Å². The van der Waals surface area contributed by atoms with Gasteiger partial charge in [0.1, 0.15) is 0 Å². The Morgan fingerprint density at radius 1 is 1.31 bits per heavy atom. The highest BCUT2D eigenvalue weighted by Gasteiger charge is 2.21. The fourth-order valence-electron chi connectivity index (χ4n) is 1.58. The number of carboxylic acid groups (broad SMARTS) is 1. The summed E-state index contributed by atoms with van der Waals surface area (Å²) < 4.78 is 0. The van der Waals surface area contributed by atoms with Gasteiger partial charge in [-0.15, -0.1) is 0 Å². The first-order chi connectivity index (χ1) is 7.42. The van der Waals surface area contributed by atoms with Gasteiger partial charge in [-0.05, 0) is 20.3 Å². The summed E-state index contributed by atoms with van der Waals surface area (Å²) in [5.41, 5.74) is 5.70. The van der Waals surface area contributed by atoms with Crippen molar-refractivity contribution in [2.24, 2.45) is 5.73 Å². The third-order valence-electron chi connectivity index (χ3n) is 2.62. The fraction of sp³-hybridized carbons (Fsp3) is 0.818. The molecule has 0 bridgehead atoms. The summed E-state index contributed by atoms with van der Waals surface area (Å²) in [6, 6.07) is -0.419. The summed E-state index contributed by atoms with van der Waals surface area (Å²) in [7, 11) is 0. The van der Waals surface area contributed by atoms with E-state index in [2.05, 4.69) is 0 Å². The predicted octanol–water partition coefficient (Wildman–Crippen LogP) is 0.825. The third-order valence-corrected chi connectivity index (χ3v) is 2.62. The molecule has 0 aliphatic rings. The summed E-state index contributed by atoms with van der Waals surface area (Å²) in [5, 5.41) is 8.68. The molecule has 0 saturated heterocycles. The van der Waals surface area contributed by atoms with Gasteiger partial charge >= 0.3 is 5.97 Å². The zero-order valence-corrected chi connectivity index (χ0v) is 10.3. The van der Waals surface area contributed by atoms with E-state index < -0.39 is 5.97 Å². The van der Waals surface area contributed by atoms with Crippen LogP contribution < -0.4 is 5.73 Å². The van der Waals surface area contributed by atoms with E-state index in [1.54, 1.807) is 11.8 Å². The van der Waals surface area contributed by atoms with Gasteiger partial charge in [-0.25, -0.2) is 0 Å². The summed E-state index contributed by atoms with van der Waals surface area (Å²) in [6.07, 6.45) is 1.01. The molecule has 5 heteroatoms. The van der Waals surface area contributed by atoms with Crippen LogP contribution in [0.5, 0.6) is 0 Å². The first-order valence-electron chi connectivity index (χ1n) is 5.69. The molecule has 0 heterocycles. The van der Waals surface area contributed by atoms with Crippen molar-refractivity contribution >= 4 is 11.9 Å². The maximum absolute atomic E-state index is 11.8. The molecule has 0 aromatic heterocycles. The van der Waals surface area contributed by atoms with E-state index in [-0.39, 0.29) is 30.8 Å². The number of rotatable bonds is 7. The van der Waals surface area contributed by atoms with Gasteiger partial charge in [-0.1, -0.05) is 6.92 Å². The Bertz CT molecular complexity index is 243. The first-order valence-corrected chi connectivity index (χ1v) is 5.69. The number of nitrogens with two attached hydrogens (primary N) is 1. The average Bonchev–Trinajstić information content (AvgIpc) is 2.17. The molecule has 0 fully saturated rings. The predicted molar refractivity (Wildman–Crippen MR) is 62.0 cm³/mol. The van der Waals surface area contributed by atoms with Crippen LogP contribution in [0.25, 0.3) is 0 Å². The molecular formula is C11H22N2O3. The van der Waals surface area contributed by atoms with Crippen LogP contribution in [0.3, 0.4) is 0 Å². The molecule has 1 amide bonds. The highest BCUT2D eigenvalue weighted by molar-refractivity contribution is 5.78. The van der Waals surface area contributed by atoms with Gasteiger partial charge in [-0.3, -0.25) is 9.59 Å². The van der Waals surface area contributed by atoms with Crippen molar-refractivity contribution in [3.63, 3.8) is 0 Å². The highest BCUT2D eigenvalue weighted by atomic mass is 16.4. The van der Waals surface area contributed by atoms with Crippen molar-refractivity contribution in [3.8, 4) is 0 Å². The van der Waals surface area contributed by atoms with Crippen LogP contribution in [0.4, 0.5) is 0 Å². The zero-order valence-electron chi connectivity index (χ0n) is 10.3. The maximum atomic E-state index is 11.8. The Balaban J connectivity index is 4.35. The summed E-state index contributed by atoms with van der Waals surface area (Å²) >= 11 is 0. The molecule has 0 aliphatic heterocycles. The maximum Gasteiger partial charge on any atom is 0.305 e. The highest BCUT2D eigenvalue weighted by Crippen LogP contribution is 2.08. The van der Waals surface area contributed by atoms with Gasteiger partial charge in [0.2, 0.25) is 5.91 Å². The van der Waals surface area contributed by atoms with Gasteiger partial charge in [0.15, 0.2) is 0 Å². The Labute approximate surface area is 96.6 Å². The second kappa shape index (κ2) is 7.22. The van der Waals surface area contributed by atoms with E-state index >= 15 is 0 Å². The van der Waals surface area contributed by atoms with Crippen LogP contribution in [0.1, 0.15) is 40.0 Å². The average molecular weight is 230 g/mol. The minimum atomic E-state index is -0.890. The molecular weight excluding hydrogens is 208 g/mol. The first kappa shape index (κ1) is 14.9. The summed E-state index contributed by atoms with van der Waals surface area (Å²) in [5.74, 6) is -0.955. The van der Waals surface area contributed by atoms with Gasteiger partial charge in [0.05, 0.1) is 6.42 Å². The molecule has 0 spiro atoms. The number of amides is 1. The molecule has 0 aliphatic carbocycles. The van der Waals surface area contributed by atoms with Crippen LogP contribution in [-0.2, 0) is 9.59 Å². The van der Waals surface area contributed by atoms with E-state index in [0.717, 1.165) is 6.42 Å². The molecule has 5 nitrogen and oxygen atoms in total. The number of aliphatic carboxylic acids is 1. The van der Waals surface area contributed by atoms with Gasteiger partial charge < -0.3 is 15.7 Å². The molecule has 0 aromatic rings. The molecule has 2 atom stereocenters. The second-order valence-electron chi connectivity index (χ2n) is 4.00. The molecule has 0 rings (SSSR count). The van der Waals surface area contributed by atoms with Crippen LogP contribution in [0.2, 0.25) is 0 Å². The number of carboxylic acids is 1. The van der Waals surface area contributed by atoms with Crippen LogP contribution in [0.15, 0.2) is 0 Å². The molecule has 2 unspecified atom stereocenters. The lowest BCUT2D eigenvalue weighted by Gasteiger charge is -2.28. The molecule has 94 valence electrons. The van der Waals surface area contributed by atoms with Crippen molar-refractivity contribution in [1.29, 1.82) is 0 Å². The molecule has 0 aromatic carbocycles. The van der Waals surface area contributed by atoms with E-state index in [1.165, 1.54) is 0 Å². The topological polar surface area (TPSA) is 83.6 Å². The van der Waals surface area contributed by atoms with Gasteiger partial charge in [-0.2, -0.15) is 0 Å². The van der Waals surface area contributed by atoms with Crippen LogP contribution in [-0.4, -0.2) is 40.5 Å². The van der Waals surface area contributed by atoms with E-state index in [4.69, 9.17) is 10.8 Å². The number of nitrogens with zero attached hydrogens (tertiary/aromatic N) is 1. The van der Waals surface area contributed by atoms with Crippen LogP contribution >= 0.6 is 0 Å². The minimum Gasteiger partial charge on any atom is -0.481 e. The Hall–Kier alpha value is -1.10. The smallest absolute Gasteiger partial charge is 0.305 e. The number of carbonyl (C=O) groups excluding carboxylic acids is 1. The normalized spacial score (nSPS) is 14.2. The van der Waals surface area contributed by atoms with Crippen molar-refractivity contribution in [2.75, 3.05) is 6.54 Å². The molecule has 16 heavy (non-hydrogen) atoms. The van der Waals surface area contributed by atoms with Crippen LogP contribution in [0, 0.1) is 0 Å².